The third-order valence-electron chi connectivity index (χ3n) is 4.42. The molecule has 0 spiro atoms. The maximum absolute atomic E-state index is 12.5. The number of amides is 2. The van der Waals surface area contributed by atoms with E-state index in [2.05, 4.69) is 0 Å². The molecule has 2 amide bonds. The maximum atomic E-state index is 12.5. The van der Waals surface area contributed by atoms with Gasteiger partial charge in [0.1, 0.15) is 5.70 Å². The number of likely N-dealkylation sites (tertiary alicyclic amines) is 1. The fraction of sp³-hybridized carbons (Fsp3) is 0.412. The molecule has 5 nitrogen and oxygen atoms in total. The van der Waals surface area contributed by atoms with E-state index >= 15 is 0 Å². The molecule has 2 heterocycles. The van der Waals surface area contributed by atoms with Crippen LogP contribution >= 0.6 is 0 Å². The molecule has 1 aromatic carbocycles. The highest BCUT2D eigenvalue weighted by atomic mass is 16.3. The Kier molecular flexibility index (Phi) is 3.98. The molecule has 0 aromatic heterocycles. The zero-order chi connectivity index (χ0) is 15.7. The number of imide groups is 1. The van der Waals surface area contributed by atoms with Crippen molar-refractivity contribution >= 4 is 17.4 Å². The second-order valence-electron chi connectivity index (χ2n) is 5.90. The molecule has 2 aliphatic rings. The molecule has 5 heteroatoms. The van der Waals surface area contributed by atoms with Crippen molar-refractivity contribution in [3.63, 3.8) is 0 Å². The van der Waals surface area contributed by atoms with Crippen LogP contribution in [0.5, 0.6) is 0 Å². The Morgan fingerprint density at radius 3 is 2.59 bits per heavy atom. The van der Waals surface area contributed by atoms with E-state index in [0.29, 0.717) is 17.8 Å². The van der Waals surface area contributed by atoms with Crippen LogP contribution in [0.15, 0.2) is 36.0 Å². The predicted molar refractivity (Wildman–Crippen MR) is 82.5 cm³/mol. The largest absolute Gasteiger partial charge is 0.396 e. The van der Waals surface area contributed by atoms with E-state index in [-0.39, 0.29) is 24.3 Å². The number of carbonyl (C=O) groups is 2. The quantitative estimate of drug-likeness (QED) is 0.849. The van der Waals surface area contributed by atoms with Crippen molar-refractivity contribution in [1.82, 2.24) is 9.80 Å². The number of aliphatic hydroxyl groups is 1. The first kappa shape index (κ1) is 14.8. The van der Waals surface area contributed by atoms with Gasteiger partial charge in [-0.3, -0.25) is 14.5 Å². The molecule has 1 fully saturated rings. The molecule has 22 heavy (non-hydrogen) atoms. The summed E-state index contributed by atoms with van der Waals surface area (Å²) in [5, 5.41) is 9.40. The van der Waals surface area contributed by atoms with E-state index in [1.807, 2.05) is 35.2 Å². The Morgan fingerprint density at radius 1 is 1.18 bits per heavy atom. The van der Waals surface area contributed by atoms with Gasteiger partial charge in [-0.05, 0) is 24.3 Å². The Hall–Kier alpha value is -2.14. The summed E-state index contributed by atoms with van der Waals surface area (Å²) in [5.74, 6) is -0.341. The van der Waals surface area contributed by atoms with Crippen molar-refractivity contribution in [1.29, 1.82) is 0 Å². The summed E-state index contributed by atoms with van der Waals surface area (Å²) in [7, 11) is 1.52. The Bertz CT molecular complexity index is 624. The van der Waals surface area contributed by atoms with Crippen LogP contribution in [0.4, 0.5) is 0 Å². The molecule has 2 aliphatic heterocycles. The van der Waals surface area contributed by atoms with E-state index in [1.165, 1.54) is 11.9 Å². The average Bonchev–Trinajstić information content (AvgIpc) is 2.80. The lowest BCUT2D eigenvalue weighted by molar-refractivity contribution is -0.136. The Labute approximate surface area is 129 Å². The van der Waals surface area contributed by atoms with E-state index in [0.717, 1.165) is 24.9 Å². The van der Waals surface area contributed by atoms with Crippen LogP contribution in [0.25, 0.3) is 5.57 Å². The number of likely N-dealkylation sites (N-methyl/N-ethyl adjacent to an activating group) is 1. The molecule has 1 unspecified atom stereocenters. The van der Waals surface area contributed by atoms with Crippen LogP contribution in [-0.2, 0) is 9.59 Å². The highest BCUT2D eigenvalue weighted by molar-refractivity contribution is 6.35. The SMILES string of the molecule is CN1C(=O)C(c2ccccc2)=C(N2CCCC(CO)C2)C1=O. The first-order valence-corrected chi connectivity index (χ1v) is 7.61. The van der Waals surface area contributed by atoms with Crippen LogP contribution < -0.4 is 0 Å². The van der Waals surface area contributed by atoms with Crippen LogP contribution in [0.2, 0.25) is 0 Å². The molecule has 0 radical (unpaired) electrons. The summed E-state index contributed by atoms with van der Waals surface area (Å²) in [6.45, 7) is 1.48. The third-order valence-corrected chi connectivity index (χ3v) is 4.42. The molecule has 1 atom stereocenters. The smallest absolute Gasteiger partial charge is 0.277 e. The molecule has 1 N–H and O–H groups in total. The summed E-state index contributed by atoms with van der Waals surface area (Å²) in [5.41, 5.74) is 1.73. The molecule has 1 saturated heterocycles. The zero-order valence-corrected chi connectivity index (χ0v) is 12.7. The van der Waals surface area contributed by atoms with Crippen molar-refractivity contribution in [2.45, 2.75) is 12.8 Å². The van der Waals surface area contributed by atoms with Gasteiger partial charge in [-0.1, -0.05) is 30.3 Å². The van der Waals surface area contributed by atoms with Crippen molar-refractivity contribution in [3.8, 4) is 0 Å². The lowest BCUT2D eigenvalue weighted by atomic mass is 9.97. The molecule has 3 rings (SSSR count). The van der Waals surface area contributed by atoms with Gasteiger partial charge in [0.25, 0.3) is 11.8 Å². The average molecular weight is 300 g/mol. The molecular weight excluding hydrogens is 280 g/mol. The van der Waals surface area contributed by atoms with Crippen molar-refractivity contribution in [3.05, 3.63) is 41.6 Å². The topological polar surface area (TPSA) is 60.9 Å². The second-order valence-corrected chi connectivity index (χ2v) is 5.90. The fourth-order valence-electron chi connectivity index (χ4n) is 3.20. The minimum Gasteiger partial charge on any atom is -0.396 e. The van der Waals surface area contributed by atoms with Gasteiger partial charge in [-0.25, -0.2) is 0 Å². The lowest BCUT2D eigenvalue weighted by Crippen LogP contribution is -2.39. The highest BCUT2D eigenvalue weighted by Gasteiger charge is 2.40. The molecule has 0 saturated carbocycles. The summed E-state index contributed by atoms with van der Waals surface area (Å²) in [6.07, 6.45) is 1.88. The number of rotatable bonds is 3. The van der Waals surface area contributed by atoms with Crippen LogP contribution in [-0.4, -0.2) is 53.5 Å². The number of piperidine rings is 1. The highest BCUT2D eigenvalue weighted by Crippen LogP contribution is 2.32. The van der Waals surface area contributed by atoms with Gasteiger partial charge in [-0.2, -0.15) is 0 Å². The summed E-state index contributed by atoms with van der Waals surface area (Å²) in [4.78, 5) is 28.2. The number of hydrogen-bond acceptors (Lipinski definition) is 4. The number of carbonyl (C=O) groups excluding carboxylic acids is 2. The Balaban J connectivity index is 2.04. The van der Waals surface area contributed by atoms with Gasteiger partial charge >= 0.3 is 0 Å². The van der Waals surface area contributed by atoms with E-state index in [4.69, 9.17) is 0 Å². The van der Waals surface area contributed by atoms with Crippen molar-refractivity contribution < 1.29 is 14.7 Å². The fourth-order valence-corrected chi connectivity index (χ4v) is 3.20. The minimum absolute atomic E-state index is 0.114. The molecule has 0 bridgehead atoms. The molecular formula is C17H20N2O3. The standard InChI is InChI=1S/C17H20N2O3/c1-18-16(21)14(13-7-3-2-4-8-13)15(17(18)22)19-9-5-6-12(10-19)11-20/h2-4,7-8,12,20H,5-6,9-11H2,1H3. The molecule has 1 aromatic rings. The molecule has 0 aliphatic carbocycles. The van der Waals surface area contributed by atoms with Crippen LogP contribution in [0.1, 0.15) is 18.4 Å². The van der Waals surface area contributed by atoms with Gasteiger partial charge in [0.2, 0.25) is 0 Å². The van der Waals surface area contributed by atoms with Gasteiger partial charge < -0.3 is 10.0 Å². The number of hydrogen-bond donors (Lipinski definition) is 1. The van der Waals surface area contributed by atoms with Gasteiger partial charge in [-0.15, -0.1) is 0 Å². The van der Waals surface area contributed by atoms with Crippen molar-refractivity contribution in [2.24, 2.45) is 5.92 Å². The first-order chi connectivity index (χ1) is 10.6. The third kappa shape index (κ3) is 2.41. The number of aliphatic hydroxyl groups excluding tert-OH is 1. The molecule has 116 valence electrons. The van der Waals surface area contributed by atoms with Crippen molar-refractivity contribution in [2.75, 3.05) is 26.7 Å². The lowest BCUT2D eigenvalue weighted by Gasteiger charge is -2.34. The second kappa shape index (κ2) is 5.93. The summed E-state index contributed by atoms with van der Waals surface area (Å²) >= 11 is 0. The van der Waals surface area contributed by atoms with Gasteiger partial charge in [0.15, 0.2) is 0 Å². The summed E-state index contributed by atoms with van der Waals surface area (Å²) in [6, 6.07) is 9.32. The van der Waals surface area contributed by atoms with Gasteiger partial charge in [0, 0.05) is 26.7 Å². The van der Waals surface area contributed by atoms with Gasteiger partial charge in [0.05, 0.1) is 5.57 Å². The van der Waals surface area contributed by atoms with E-state index in [1.54, 1.807) is 0 Å². The zero-order valence-electron chi connectivity index (χ0n) is 12.7. The van der Waals surface area contributed by atoms with Crippen LogP contribution in [0.3, 0.4) is 0 Å². The maximum Gasteiger partial charge on any atom is 0.277 e. The summed E-state index contributed by atoms with van der Waals surface area (Å²) < 4.78 is 0. The first-order valence-electron chi connectivity index (χ1n) is 7.61. The monoisotopic (exact) mass is 300 g/mol. The normalized spacial score (nSPS) is 22.7. The minimum atomic E-state index is -0.252. The van der Waals surface area contributed by atoms with Crippen LogP contribution in [0, 0.1) is 5.92 Å². The number of benzene rings is 1. The van der Waals surface area contributed by atoms with E-state index < -0.39 is 0 Å². The Morgan fingerprint density at radius 2 is 1.91 bits per heavy atom. The van der Waals surface area contributed by atoms with E-state index in [9.17, 15) is 14.7 Å². The number of nitrogens with zero attached hydrogens (tertiary/aromatic N) is 2. The predicted octanol–water partition coefficient (Wildman–Crippen LogP) is 1.10.